The Morgan fingerprint density at radius 3 is 2.17 bits per heavy atom. The molecule has 0 heterocycles. The summed E-state index contributed by atoms with van der Waals surface area (Å²) >= 11 is 5.69. The van der Waals surface area contributed by atoms with Crippen LogP contribution in [0.4, 0.5) is 0 Å². The van der Waals surface area contributed by atoms with Crippen LogP contribution in [0.3, 0.4) is 0 Å². The number of benzene rings is 1. The molecule has 1 rings (SSSR count). The number of hydrogen-bond donors (Lipinski definition) is 1. The van der Waals surface area contributed by atoms with Gasteiger partial charge < -0.3 is 19.5 Å². The summed E-state index contributed by atoms with van der Waals surface area (Å²) in [7, 11) is 4.81. The van der Waals surface area contributed by atoms with E-state index >= 15 is 0 Å². The zero-order valence-corrected chi connectivity index (χ0v) is 11.6. The summed E-state index contributed by atoms with van der Waals surface area (Å²) in [5.41, 5.74) is 0.966. The molecule has 1 aromatic rings. The smallest absolute Gasteiger partial charge is 0.164 e. The molecule has 0 aliphatic carbocycles. The van der Waals surface area contributed by atoms with Crippen molar-refractivity contribution >= 4 is 11.6 Å². The largest absolute Gasteiger partial charge is 0.496 e. The van der Waals surface area contributed by atoms with Crippen LogP contribution in [0.2, 0.25) is 0 Å². The molecule has 0 amide bonds. The van der Waals surface area contributed by atoms with E-state index in [2.05, 4.69) is 11.9 Å². The van der Waals surface area contributed by atoms with E-state index in [1.807, 2.05) is 6.07 Å². The van der Waals surface area contributed by atoms with Crippen molar-refractivity contribution in [2.75, 3.05) is 27.9 Å². The number of rotatable bonds is 7. The van der Waals surface area contributed by atoms with Gasteiger partial charge in [-0.2, -0.15) is 0 Å². The van der Waals surface area contributed by atoms with E-state index < -0.39 is 0 Å². The second kappa shape index (κ2) is 7.13. The zero-order valence-electron chi connectivity index (χ0n) is 10.9. The molecular weight excluding hydrogens is 254 g/mol. The maximum atomic E-state index is 5.69. The van der Waals surface area contributed by atoms with E-state index in [4.69, 9.17) is 25.8 Å². The Labute approximate surface area is 112 Å². The standard InChI is InChI=1S/C13H18ClNO3/c1-9(14)7-15-8-10-5-12(17-3)13(18-4)6-11(10)16-2/h5-6,15H,1,7-8H2,2-4H3. The lowest BCUT2D eigenvalue weighted by atomic mass is 10.1. The molecule has 0 aromatic heterocycles. The third-order valence-corrected chi connectivity index (χ3v) is 2.55. The predicted octanol–water partition coefficient (Wildman–Crippen LogP) is 2.55. The average molecular weight is 272 g/mol. The van der Waals surface area contributed by atoms with Crippen molar-refractivity contribution in [2.24, 2.45) is 0 Å². The van der Waals surface area contributed by atoms with Crippen LogP contribution in [0.1, 0.15) is 5.56 Å². The van der Waals surface area contributed by atoms with Crippen LogP contribution in [0.15, 0.2) is 23.7 Å². The van der Waals surface area contributed by atoms with Crippen LogP contribution in [0.25, 0.3) is 0 Å². The van der Waals surface area contributed by atoms with Crippen LogP contribution in [0.5, 0.6) is 17.2 Å². The second-order valence-corrected chi connectivity index (χ2v) is 4.17. The Balaban J connectivity index is 2.91. The van der Waals surface area contributed by atoms with Crippen molar-refractivity contribution in [3.8, 4) is 17.2 Å². The molecule has 0 spiro atoms. The topological polar surface area (TPSA) is 39.7 Å². The minimum absolute atomic E-state index is 0.541. The first-order valence-corrected chi connectivity index (χ1v) is 5.83. The van der Waals surface area contributed by atoms with Crippen molar-refractivity contribution in [1.29, 1.82) is 0 Å². The monoisotopic (exact) mass is 271 g/mol. The van der Waals surface area contributed by atoms with E-state index in [1.165, 1.54) is 0 Å². The number of halogens is 1. The maximum absolute atomic E-state index is 5.69. The molecule has 0 aliphatic rings. The van der Waals surface area contributed by atoms with Gasteiger partial charge in [-0.3, -0.25) is 0 Å². The Kier molecular flexibility index (Phi) is 5.82. The predicted molar refractivity (Wildman–Crippen MR) is 72.8 cm³/mol. The van der Waals surface area contributed by atoms with Gasteiger partial charge in [0.2, 0.25) is 0 Å². The highest BCUT2D eigenvalue weighted by atomic mass is 35.5. The maximum Gasteiger partial charge on any atom is 0.164 e. The Morgan fingerprint density at radius 2 is 1.67 bits per heavy atom. The lowest BCUT2D eigenvalue weighted by Crippen LogP contribution is -2.15. The molecular formula is C13H18ClNO3. The molecule has 100 valence electrons. The summed E-state index contributed by atoms with van der Waals surface area (Å²) in [6.07, 6.45) is 0. The molecule has 0 saturated carbocycles. The van der Waals surface area contributed by atoms with Gasteiger partial charge in [0.15, 0.2) is 11.5 Å². The molecule has 0 atom stereocenters. The highest BCUT2D eigenvalue weighted by Crippen LogP contribution is 2.34. The van der Waals surface area contributed by atoms with Gasteiger partial charge in [-0.25, -0.2) is 0 Å². The molecule has 5 heteroatoms. The lowest BCUT2D eigenvalue weighted by molar-refractivity contribution is 0.347. The molecule has 4 nitrogen and oxygen atoms in total. The minimum atomic E-state index is 0.541. The molecule has 1 aromatic carbocycles. The van der Waals surface area contributed by atoms with Gasteiger partial charge >= 0.3 is 0 Å². The van der Waals surface area contributed by atoms with E-state index in [-0.39, 0.29) is 0 Å². The Bertz CT molecular complexity index is 421. The van der Waals surface area contributed by atoms with Gasteiger partial charge in [0.25, 0.3) is 0 Å². The van der Waals surface area contributed by atoms with Crippen molar-refractivity contribution in [3.63, 3.8) is 0 Å². The molecule has 0 unspecified atom stereocenters. The highest BCUT2D eigenvalue weighted by Gasteiger charge is 2.11. The van der Waals surface area contributed by atoms with Crippen molar-refractivity contribution in [1.82, 2.24) is 5.32 Å². The second-order valence-electron chi connectivity index (χ2n) is 3.64. The summed E-state index contributed by atoms with van der Waals surface area (Å²) in [5, 5.41) is 3.72. The molecule has 0 fully saturated rings. The zero-order chi connectivity index (χ0) is 13.5. The van der Waals surface area contributed by atoms with Gasteiger partial charge in [0.05, 0.1) is 21.3 Å². The van der Waals surface area contributed by atoms with Gasteiger partial charge in [0, 0.05) is 29.8 Å². The number of nitrogens with one attached hydrogen (secondary N) is 1. The molecule has 0 bridgehead atoms. The average Bonchev–Trinajstić information content (AvgIpc) is 2.37. The first-order chi connectivity index (χ1) is 8.62. The van der Waals surface area contributed by atoms with E-state index in [1.54, 1.807) is 27.4 Å². The van der Waals surface area contributed by atoms with Crippen molar-refractivity contribution in [2.45, 2.75) is 6.54 Å². The molecule has 18 heavy (non-hydrogen) atoms. The van der Waals surface area contributed by atoms with Crippen LogP contribution >= 0.6 is 11.6 Å². The quantitative estimate of drug-likeness (QED) is 0.827. The third-order valence-electron chi connectivity index (χ3n) is 2.42. The van der Waals surface area contributed by atoms with Gasteiger partial charge in [-0.05, 0) is 6.07 Å². The fourth-order valence-electron chi connectivity index (χ4n) is 1.56. The van der Waals surface area contributed by atoms with E-state index in [0.717, 1.165) is 11.3 Å². The van der Waals surface area contributed by atoms with Crippen LogP contribution < -0.4 is 19.5 Å². The van der Waals surface area contributed by atoms with Gasteiger partial charge in [-0.1, -0.05) is 18.2 Å². The fraction of sp³-hybridized carbons (Fsp3) is 0.385. The summed E-state index contributed by atoms with van der Waals surface area (Å²) in [5.74, 6) is 2.04. The van der Waals surface area contributed by atoms with Crippen molar-refractivity contribution < 1.29 is 14.2 Å². The molecule has 0 radical (unpaired) electrons. The third kappa shape index (κ3) is 3.82. The minimum Gasteiger partial charge on any atom is -0.496 e. The van der Waals surface area contributed by atoms with Crippen LogP contribution in [0, 0.1) is 0 Å². The number of methoxy groups -OCH3 is 3. The summed E-state index contributed by atoms with van der Waals surface area (Å²) < 4.78 is 15.8. The fourth-order valence-corrected chi connectivity index (χ4v) is 1.66. The SMILES string of the molecule is C=C(Cl)CNCc1cc(OC)c(OC)cc1OC. The number of ether oxygens (including phenoxy) is 3. The first-order valence-electron chi connectivity index (χ1n) is 5.45. The highest BCUT2D eigenvalue weighted by molar-refractivity contribution is 6.29. The van der Waals surface area contributed by atoms with Gasteiger partial charge in [-0.15, -0.1) is 0 Å². The molecule has 0 saturated heterocycles. The van der Waals surface area contributed by atoms with Gasteiger partial charge in [0.1, 0.15) is 5.75 Å². The van der Waals surface area contributed by atoms with Crippen LogP contribution in [-0.2, 0) is 6.54 Å². The van der Waals surface area contributed by atoms with Crippen LogP contribution in [-0.4, -0.2) is 27.9 Å². The molecule has 1 N–H and O–H groups in total. The summed E-state index contributed by atoms with van der Waals surface area (Å²) in [4.78, 5) is 0. The number of hydrogen-bond acceptors (Lipinski definition) is 4. The molecule has 0 aliphatic heterocycles. The normalized spacial score (nSPS) is 10.0. The first kappa shape index (κ1) is 14.7. The van der Waals surface area contributed by atoms with E-state index in [9.17, 15) is 0 Å². The summed E-state index contributed by atoms with van der Waals surface area (Å²) in [6.45, 7) is 4.76. The van der Waals surface area contributed by atoms with E-state index in [0.29, 0.717) is 29.6 Å². The Hall–Kier alpha value is -1.39. The summed E-state index contributed by atoms with van der Waals surface area (Å²) in [6, 6.07) is 3.67. The Morgan fingerprint density at radius 1 is 1.11 bits per heavy atom. The lowest BCUT2D eigenvalue weighted by Gasteiger charge is -2.14. The van der Waals surface area contributed by atoms with Crippen molar-refractivity contribution in [3.05, 3.63) is 29.3 Å².